The van der Waals surface area contributed by atoms with Crippen LogP contribution in [0.4, 0.5) is 16.2 Å². The van der Waals surface area contributed by atoms with Crippen LogP contribution in [0.3, 0.4) is 0 Å². The van der Waals surface area contributed by atoms with Gasteiger partial charge in [0.1, 0.15) is 12.1 Å². The molecule has 2 N–H and O–H groups in total. The lowest BCUT2D eigenvalue weighted by molar-refractivity contribution is -0.122. The van der Waals surface area contributed by atoms with Crippen LogP contribution in [-0.4, -0.2) is 28.3 Å². The lowest BCUT2D eigenvalue weighted by Gasteiger charge is -2.26. The number of imide groups is 2. The molecule has 0 bridgehead atoms. The minimum Gasteiger partial charge on any atom is -0.337 e. The number of aromatic nitrogens is 1. The Kier molecular flexibility index (Phi) is 6.33. The van der Waals surface area contributed by atoms with Crippen molar-refractivity contribution in [3.63, 3.8) is 0 Å². The third kappa shape index (κ3) is 4.87. The number of nitrogens with one attached hydrogen (secondary N) is 2. The van der Waals surface area contributed by atoms with Crippen molar-refractivity contribution in [3.05, 3.63) is 101 Å². The minimum atomic E-state index is -0.843. The van der Waals surface area contributed by atoms with Gasteiger partial charge in [-0.15, -0.1) is 0 Å². The van der Waals surface area contributed by atoms with Crippen LogP contribution >= 0.6 is 11.6 Å². The normalized spacial score (nSPS) is 14.8. The van der Waals surface area contributed by atoms with Gasteiger partial charge in [0.2, 0.25) is 5.91 Å². The predicted octanol–water partition coefficient (Wildman–Crippen LogP) is 4.91. The molecular formula is C28H21ClN4O4. The molecule has 3 aromatic carbocycles. The summed E-state index contributed by atoms with van der Waals surface area (Å²) in [6.45, 7) is 1.96. The SMILES string of the molecule is Cc1cccc(NC(=O)Cn2cc(/C=C3\C(=O)NC(=O)N(c4ccc(Cl)cc4)C3=O)c3ccccc32)c1. The smallest absolute Gasteiger partial charge is 0.335 e. The maximum atomic E-state index is 13.3. The van der Waals surface area contributed by atoms with Crippen molar-refractivity contribution in [2.24, 2.45) is 0 Å². The second kappa shape index (κ2) is 9.75. The highest BCUT2D eigenvalue weighted by atomic mass is 35.5. The number of carbonyl (C=O) groups is 4. The monoisotopic (exact) mass is 512 g/mol. The van der Waals surface area contributed by atoms with Crippen molar-refractivity contribution in [3.8, 4) is 0 Å². The number of carbonyl (C=O) groups excluding carboxylic acids is 4. The fourth-order valence-electron chi connectivity index (χ4n) is 4.24. The van der Waals surface area contributed by atoms with E-state index in [1.165, 1.54) is 18.2 Å². The third-order valence-electron chi connectivity index (χ3n) is 5.92. The Labute approximate surface area is 217 Å². The summed E-state index contributed by atoms with van der Waals surface area (Å²) >= 11 is 5.93. The van der Waals surface area contributed by atoms with E-state index >= 15 is 0 Å². The molecule has 37 heavy (non-hydrogen) atoms. The number of barbiturate groups is 1. The Hall–Kier alpha value is -4.69. The van der Waals surface area contributed by atoms with E-state index in [1.807, 2.05) is 55.5 Å². The second-order valence-electron chi connectivity index (χ2n) is 8.58. The van der Waals surface area contributed by atoms with E-state index < -0.39 is 17.8 Å². The zero-order valence-electron chi connectivity index (χ0n) is 19.7. The number of nitrogens with zero attached hydrogens (tertiary/aromatic N) is 2. The topological polar surface area (TPSA) is 101 Å². The summed E-state index contributed by atoms with van der Waals surface area (Å²) in [6, 6.07) is 20.2. The number of anilines is 2. The molecule has 5 amide bonds. The minimum absolute atomic E-state index is 0.0210. The summed E-state index contributed by atoms with van der Waals surface area (Å²) in [4.78, 5) is 52.1. The molecule has 0 unspecified atom stereocenters. The Morgan fingerprint density at radius 3 is 2.51 bits per heavy atom. The second-order valence-corrected chi connectivity index (χ2v) is 9.02. The van der Waals surface area contributed by atoms with Gasteiger partial charge in [-0.1, -0.05) is 41.9 Å². The van der Waals surface area contributed by atoms with Gasteiger partial charge in [-0.05, 0) is 61.0 Å². The summed E-state index contributed by atoms with van der Waals surface area (Å²) in [5.41, 5.74) is 3.10. The van der Waals surface area contributed by atoms with Crippen LogP contribution in [0.1, 0.15) is 11.1 Å². The molecule has 184 valence electrons. The Morgan fingerprint density at radius 1 is 1.00 bits per heavy atom. The summed E-state index contributed by atoms with van der Waals surface area (Å²) in [5, 5.41) is 6.29. The van der Waals surface area contributed by atoms with Crippen LogP contribution in [0.15, 0.2) is 84.6 Å². The number of fused-ring (bicyclic) bond motifs is 1. The van der Waals surface area contributed by atoms with Gasteiger partial charge in [0.15, 0.2) is 0 Å². The van der Waals surface area contributed by atoms with Gasteiger partial charge >= 0.3 is 6.03 Å². The highest BCUT2D eigenvalue weighted by Crippen LogP contribution is 2.27. The molecule has 4 aromatic rings. The third-order valence-corrected chi connectivity index (χ3v) is 6.17. The van der Waals surface area contributed by atoms with E-state index in [0.29, 0.717) is 16.3 Å². The molecule has 8 nitrogen and oxygen atoms in total. The van der Waals surface area contributed by atoms with Crippen molar-refractivity contribution >= 4 is 63.7 Å². The van der Waals surface area contributed by atoms with E-state index in [2.05, 4.69) is 10.6 Å². The number of aryl methyl sites for hydroxylation is 1. The Bertz CT molecular complexity index is 1600. The highest BCUT2D eigenvalue weighted by molar-refractivity contribution is 6.39. The molecule has 0 saturated carbocycles. The summed E-state index contributed by atoms with van der Waals surface area (Å²) < 4.78 is 1.75. The molecule has 1 fully saturated rings. The van der Waals surface area contributed by atoms with Gasteiger partial charge in [0.25, 0.3) is 11.8 Å². The van der Waals surface area contributed by atoms with E-state index in [1.54, 1.807) is 22.9 Å². The lowest BCUT2D eigenvalue weighted by Crippen LogP contribution is -2.54. The van der Waals surface area contributed by atoms with Crippen molar-refractivity contribution < 1.29 is 19.2 Å². The number of rotatable bonds is 5. The molecule has 0 spiro atoms. The number of hydrogen-bond donors (Lipinski definition) is 2. The number of urea groups is 1. The summed E-state index contributed by atoms with van der Waals surface area (Å²) in [7, 11) is 0. The van der Waals surface area contributed by atoms with Gasteiger partial charge < -0.3 is 9.88 Å². The van der Waals surface area contributed by atoms with Crippen LogP contribution in [0.2, 0.25) is 5.02 Å². The first-order valence-electron chi connectivity index (χ1n) is 11.4. The maximum Gasteiger partial charge on any atom is 0.335 e. The molecule has 1 aliphatic rings. The van der Waals surface area contributed by atoms with Crippen LogP contribution in [0, 0.1) is 6.92 Å². The molecule has 2 heterocycles. The van der Waals surface area contributed by atoms with Gasteiger partial charge in [0.05, 0.1) is 5.69 Å². The average molecular weight is 513 g/mol. The number of para-hydroxylation sites is 1. The van der Waals surface area contributed by atoms with Gasteiger partial charge in [0, 0.05) is 33.4 Å². The van der Waals surface area contributed by atoms with Crippen molar-refractivity contribution in [1.82, 2.24) is 9.88 Å². The quantitative estimate of drug-likeness (QED) is 0.293. The molecular weight excluding hydrogens is 492 g/mol. The Balaban J connectivity index is 1.48. The lowest BCUT2D eigenvalue weighted by atomic mass is 10.1. The summed E-state index contributed by atoms with van der Waals surface area (Å²) in [6.07, 6.45) is 3.14. The van der Waals surface area contributed by atoms with Gasteiger partial charge in [-0.25, -0.2) is 9.69 Å². The first-order valence-corrected chi connectivity index (χ1v) is 11.8. The van der Waals surface area contributed by atoms with Gasteiger partial charge in [-0.2, -0.15) is 0 Å². The number of hydrogen-bond acceptors (Lipinski definition) is 4. The van der Waals surface area contributed by atoms with Gasteiger partial charge in [-0.3, -0.25) is 19.7 Å². The van der Waals surface area contributed by atoms with Crippen LogP contribution in [-0.2, 0) is 20.9 Å². The largest absolute Gasteiger partial charge is 0.337 e. The van der Waals surface area contributed by atoms with Crippen molar-refractivity contribution in [2.75, 3.05) is 10.2 Å². The highest BCUT2D eigenvalue weighted by Gasteiger charge is 2.37. The average Bonchev–Trinajstić information content (AvgIpc) is 3.20. The van der Waals surface area contributed by atoms with Crippen LogP contribution < -0.4 is 15.5 Å². The molecule has 0 aliphatic carbocycles. The fourth-order valence-corrected chi connectivity index (χ4v) is 4.36. The molecule has 0 radical (unpaired) electrons. The molecule has 1 aromatic heterocycles. The Morgan fingerprint density at radius 2 is 1.76 bits per heavy atom. The molecule has 1 saturated heterocycles. The zero-order valence-corrected chi connectivity index (χ0v) is 20.5. The van der Waals surface area contributed by atoms with Crippen LogP contribution in [0.5, 0.6) is 0 Å². The predicted molar refractivity (Wildman–Crippen MR) is 142 cm³/mol. The fraction of sp³-hybridized carbons (Fsp3) is 0.0714. The van der Waals surface area contributed by atoms with E-state index in [0.717, 1.165) is 21.4 Å². The first-order chi connectivity index (χ1) is 17.8. The first kappa shape index (κ1) is 24.0. The maximum absolute atomic E-state index is 13.3. The van der Waals surface area contributed by atoms with Crippen LogP contribution in [0.25, 0.3) is 17.0 Å². The van der Waals surface area contributed by atoms with E-state index in [9.17, 15) is 19.2 Å². The number of halogens is 1. The molecule has 9 heteroatoms. The summed E-state index contributed by atoms with van der Waals surface area (Å²) in [5.74, 6) is -1.78. The molecule has 5 rings (SSSR count). The molecule has 1 aliphatic heterocycles. The van der Waals surface area contributed by atoms with E-state index in [-0.39, 0.29) is 23.7 Å². The molecule has 0 atom stereocenters. The van der Waals surface area contributed by atoms with Crippen molar-refractivity contribution in [2.45, 2.75) is 13.5 Å². The zero-order chi connectivity index (χ0) is 26.1. The number of amides is 5. The van der Waals surface area contributed by atoms with E-state index in [4.69, 9.17) is 11.6 Å². The van der Waals surface area contributed by atoms with Crippen molar-refractivity contribution in [1.29, 1.82) is 0 Å². The standard InChI is InChI=1S/C28H21ClN4O4/c1-17-5-4-6-20(13-17)30-25(34)16-32-15-18(22-7-2-3-8-24(22)32)14-23-26(35)31-28(37)33(27(23)36)21-11-9-19(29)10-12-21/h2-15H,16H2,1H3,(H,30,34)(H,31,35,37)/b23-14+. The number of benzene rings is 3.